The maximum Gasteiger partial charge on any atom is 0.191 e. The van der Waals surface area contributed by atoms with Gasteiger partial charge in [-0.05, 0) is 30.5 Å². The van der Waals surface area contributed by atoms with Crippen molar-refractivity contribution >= 4 is 41.3 Å². The lowest BCUT2D eigenvalue weighted by Gasteiger charge is -2.10. The number of hydrogen-bond acceptors (Lipinski definition) is 3. The highest BCUT2D eigenvalue weighted by molar-refractivity contribution is 14.0. The van der Waals surface area contributed by atoms with E-state index in [-0.39, 0.29) is 29.8 Å². The molecule has 2 N–H and O–H groups in total. The number of hydrogen-bond donors (Lipinski definition) is 2. The average Bonchev–Trinajstić information content (AvgIpc) is 2.99. The van der Waals surface area contributed by atoms with Crippen molar-refractivity contribution in [3.63, 3.8) is 0 Å². The molecule has 0 saturated heterocycles. The molecule has 4 nitrogen and oxygen atoms in total. The van der Waals surface area contributed by atoms with Gasteiger partial charge in [-0.15, -0.1) is 35.3 Å². The SMILES string of the molecule is CCNC(=NCc1cccc(F)c1)NCc1nc(C(C)C)cs1.I. The summed E-state index contributed by atoms with van der Waals surface area (Å²) in [5.74, 6) is 0.910. The Kier molecular flexibility index (Phi) is 9.20. The van der Waals surface area contributed by atoms with Crippen molar-refractivity contribution < 1.29 is 4.39 Å². The fourth-order valence-corrected chi connectivity index (χ4v) is 2.87. The number of benzene rings is 1. The lowest BCUT2D eigenvalue weighted by atomic mass is 10.2. The Balaban J connectivity index is 0.00000288. The molecule has 1 aromatic heterocycles. The summed E-state index contributed by atoms with van der Waals surface area (Å²) in [5.41, 5.74) is 1.96. The van der Waals surface area contributed by atoms with Gasteiger partial charge >= 0.3 is 0 Å². The summed E-state index contributed by atoms with van der Waals surface area (Å²) < 4.78 is 13.2. The van der Waals surface area contributed by atoms with Gasteiger partial charge in [-0.3, -0.25) is 0 Å². The molecule has 132 valence electrons. The van der Waals surface area contributed by atoms with Gasteiger partial charge in [-0.1, -0.05) is 26.0 Å². The lowest BCUT2D eigenvalue weighted by molar-refractivity contribution is 0.625. The first-order valence-corrected chi connectivity index (χ1v) is 8.67. The first-order valence-electron chi connectivity index (χ1n) is 7.79. The number of guanidine groups is 1. The van der Waals surface area contributed by atoms with Crippen LogP contribution in [-0.4, -0.2) is 17.5 Å². The molecule has 2 rings (SSSR count). The van der Waals surface area contributed by atoms with Gasteiger partial charge in [0.2, 0.25) is 0 Å². The number of halogens is 2. The third-order valence-electron chi connectivity index (χ3n) is 3.22. The number of aliphatic imine (C=N–C) groups is 1. The van der Waals surface area contributed by atoms with E-state index in [4.69, 9.17) is 0 Å². The van der Waals surface area contributed by atoms with Crippen LogP contribution in [0.2, 0.25) is 0 Å². The van der Waals surface area contributed by atoms with Gasteiger partial charge in [0, 0.05) is 11.9 Å². The zero-order chi connectivity index (χ0) is 16.7. The molecule has 0 spiro atoms. The van der Waals surface area contributed by atoms with Gasteiger partial charge in [0.15, 0.2) is 5.96 Å². The minimum Gasteiger partial charge on any atom is -0.357 e. The van der Waals surface area contributed by atoms with Crippen LogP contribution in [0.25, 0.3) is 0 Å². The molecular formula is C17H24FIN4S. The topological polar surface area (TPSA) is 49.3 Å². The summed E-state index contributed by atoms with van der Waals surface area (Å²) in [6.07, 6.45) is 0. The zero-order valence-corrected chi connectivity index (χ0v) is 17.3. The van der Waals surface area contributed by atoms with E-state index in [2.05, 4.69) is 39.8 Å². The lowest BCUT2D eigenvalue weighted by Crippen LogP contribution is -2.36. The van der Waals surface area contributed by atoms with E-state index in [9.17, 15) is 4.39 Å². The Morgan fingerprint density at radius 3 is 2.75 bits per heavy atom. The van der Waals surface area contributed by atoms with Gasteiger partial charge in [0.25, 0.3) is 0 Å². The fraction of sp³-hybridized carbons (Fsp3) is 0.412. The van der Waals surface area contributed by atoms with E-state index >= 15 is 0 Å². The van der Waals surface area contributed by atoms with Crippen LogP contribution in [0.15, 0.2) is 34.6 Å². The van der Waals surface area contributed by atoms with Gasteiger partial charge in [-0.25, -0.2) is 14.4 Å². The van der Waals surface area contributed by atoms with Gasteiger partial charge < -0.3 is 10.6 Å². The van der Waals surface area contributed by atoms with Crippen LogP contribution >= 0.6 is 35.3 Å². The second-order valence-corrected chi connectivity index (χ2v) is 6.44. The minimum absolute atomic E-state index is 0. The third kappa shape index (κ3) is 6.72. The van der Waals surface area contributed by atoms with E-state index in [0.717, 1.165) is 22.8 Å². The van der Waals surface area contributed by atoms with Crippen molar-refractivity contribution in [1.82, 2.24) is 15.6 Å². The summed E-state index contributed by atoms with van der Waals surface area (Å²) in [6.45, 7) is 8.12. The molecule has 0 bridgehead atoms. The van der Waals surface area contributed by atoms with Gasteiger partial charge in [0.05, 0.1) is 18.8 Å². The van der Waals surface area contributed by atoms with E-state index < -0.39 is 0 Å². The highest BCUT2D eigenvalue weighted by Crippen LogP contribution is 2.17. The summed E-state index contributed by atoms with van der Waals surface area (Å²) in [4.78, 5) is 9.08. The van der Waals surface area contributed by atoms with Gasteiger partial charge in [-0.2, -0.15) is 0 Å². The Hall–Kier alpha value is -1.22. The van der Waals surface area contributed by atoms with Crippen molar-refractivity contribution in [3.8, 4) is 0 Å². The number of thiazole rings is 1. The highest BCUT2D eigenvalue weighted by Gasteiger charge is 2.06. The number of nitrogens with zero attached hydrogens (tertiary/aromatic N) is 2. The number of aromatic nitrogens is 1. The van der Waals surface area contributed by atoms with Crippen LogP contribution in [0.3, 0.4) is 0 Å². The summed E-state index contributed by atoms with van der Waals surface area (Å²) >= 11 is 1.65. The number of rotatable bonds is 6. The summed E-state index contributed by atoms with van der Waals surface area (Å²) in [6, 6.07) is 6.50. The van der Waals surface area contributed by atoms with Crippen molar-refractivity contribution in [2.75, 3.05) is 6.54 Å². The molecule has 1 aromatic carbocycles. The molecule has 0 aliphatic rings. The van der Waals surface area contributed by atoms with E-state index in [1.165, 1.54) is 12.1 Å². The minimum atomic E-state index is -0.236. The largest absolute Gasteiger partial charge is 0.357 e. The molecule has 0 radical (unpaired) electrons. The van der Waals surface area contributed by atoms with Crippen molar-refractivity contribution in [3.05, 3.63) is 51.7 Å². The molecule has 1 heterocycles. The molecule has 0 saturated carbocycles. The second kappa shape index (κ2) is 10.6. The molecule has 0 atom stereocenters. The quantitative estimate of drug-likeness (QED) is 0.383. The zero-order valence-electron chi connectivity index (χ0n) is 14.2. The van der Waals surface area contributed by atoms with Crippen LogP contribution < -0.4 is 10.6 Å². The Bertz CT molecular complexity index is 658. The van der Waals surface area contributed by atoms with Crippen LogP contribution in [0.5, 0.6) is 0 Å². The van der Waals surface area contributed by atoms with Crippen molar-refractivity contribution in [2.24, 2.45) is 4.99 Å². The second-order valence-electron chi connectivity index (χ2n) is 5.50. The smallest absolute Gasteiger partial charge is 0.191 e. The molecule has 0 amide bonds. The van der Waals surface area contributed by atoms with E-state index in [1.807, 2.05) is 13.0 Å². The Labute approximate surface area is 164 Å². The molecule has 2 aromatic rings. The predicted octanol–water partition coefficient (Wildman–Crippen LogP) is 4.28. The average molecular weight is 462 g/mol. The normalized spacial score (nSPS) is 11.3. The molecular weight excluding hydrogens is 438 g/mol. The van der Waals surface area contributed by atoms with E-state index in [0.29, 0.717) is 25.0 Å². The third-order valence-corrected chi connectivity index (χ3v) is 4.09. The van der Waals surface area contributed by atoms with Crippen LogP contribution in [0.1, 0.15) is 43.0 Å². The Morgan fingerprint density at radius 2 is 2.12 bits per heavy atom. The first kappa shape index (κ1) is 20.8. The first-order chi connectivity index (χ1) is 11.1. The van der Waals surface area contributed by atoms with Crippen molar-refractivity contribution in [1.29, 1.82) is 0 Å². The van der Waals surface area contributed by atoms with Crippen LogP contribution in [-0.2, 0) is 13.1 Å². The predicted molar refractivity (Wildman–Crippen MR) is 110 cm³/mol. The maximum absolute atomic E-state index is 13.2. The monoisotopic (exact) mass is 462 g/mol. The number of nitrogens with one attached hydrogen (secondary N) is 2. The van der Waals surface area contributed by atoms with Gasteiger partial charge in [0.1, 0.15) is 10.8 Å². The fourth-order valence-electron chi connectivity index (χ4n) is 1.98. The molecule has 7 heteroatoms. The van der Waals surface area contributed by atoms with Crippen LogP contribution in [0, 0.1) is 5.82 Å². The Morgan fingerprint density at radius 1 is 1.33 bits per heavy atom. The summed E-state index contributed by atoms with van der Waals surface area (Å²) in [7, 11) is 0. The molecule has 0 unspecified atom stereocenters. The maximum atomic E-state index is 13.2. The molecule has 0 aliphatic carbocycles. The standard InChI is InChI=1S/C17H23FN4S.HI/c1-4-19-17(20-9-13-6-5-7-14(18)8-13)21-10-16-22-15(11-23-16)12(2)3;/h5-8,11-12H,4,9-10H2,1-3H3,(H2,19,20,21);1H. The van der Waals surface area contributed by atoms with E-state index in [1.54, 1.807) is 17.4 Å². The molecule has 24 heavy (non-hydrogen) atoms. The highest BCUT2D eigenvalue weighted by atomic mass is 127. The summed E-state index contributed by atoms with van der Waals surface area (Å²) in [5, 5.41) is 9.58. The van der Waals surface area contributed by atoms with Crippen molar-refractivity contribution in [2.45, 2.75) is 39.8 Å². The molecule has 0 fully saturated rings. The molecule has 0 aliphatic heterocycles. The van der Waals surface area contributed by atoms with Crippen LogP contribution in [0.4, 0.5) is 4.39 Å².